The van der Waals surface area contributed by atoms with Gasteiger partial charge in [-0.2, -0.15) is 5.10 Å². The van der Waals surface area contributed by atoms with Crippen molar-refractivity contribution in [2.24, 2.45) is 0 Å². The van der Waals surface area contributed by atoms with Crippen molar-refractivity contribution in [3.05, 3.63) is 53.9 Å². The van der Waals surface area contributed by atoms with Gasteiger partial charge in [-0.05, 0) is 74.1 Å². The highest BCUT2D eigenvalue weighted by Crippen LogP contribution is 2.26. The van der Waals surface area contributed by atoms with Crippen molar-refractivity contribution >= 4 is 34.3 Å². The standard InChI is InChI=1S/C25H30N6O2/c1-16(2)18-13-23(30-27-15-18)29-22-7-6-20-21(28-22)12-19(14-26-20)17-8-10-31(11-9-17)24(32)33-25(3,4)5/h6-8,12-16H,9-11H2,1-5H3,(H,28,29,30). The molecule has 3 aromatic heterocycles. The maximum absolute atomic E-state index is 12.3. The monoisotopic (exact) mass is 446 g/mol. The third-order valence-corrected chi connectivity index (χ3v) is 5.37. The first-order valence-electron chi connectivity index (χ1n) is 11.2. The first-order valence-corrected chi connectivity index (χ1v) is 11.2. The molecule has 0 fully saturated rings. The molecule has 0 saturated carbocycles. The Morgan fingerprint density at radius 1 is 1.12 bits per heavy atom. The highest BCUT2D eigenvalue weighted by Gasteiger charge is 2.24. The van der Waals surface area contributed by atoms with Crippen molar-refractivity contribution in [2.45, 2.75) is 52.6 Å². The summed E-state index contributed by atoms with van der Waals surface area (Å²) in [4.78, 5) is 23.3. The maximum Gasteiger partial charge on any atom is 0.410 e. The molecule has 1 aliphatic rings. The second kappa shape index (κ2) is 9.13. The molecule has 0 bridgehead atoms. The fraction of sp³-hybridized carbons (Fsp3) is 0.400. The minimum Gasteiger partial charge on any atom is -0.444 e. The SMILES string of the molecule is CC(C)c1cnnc(Nc2ccc3ncc(C4=CCN(C(=O)OC(C)(C)C)CC4)cc3n2)c1. The topological polar surface area (TPSA) is 93.1 Å². The second-order valence-electron chi connectivity index (χ2n) is 9.52. The van der Waals surface area contributed by atoms with Crippen LogP contribution < -0.4 is 5.32 Å². The zero-order chi connectivity index (χ0) is 23.6. The van der Waals surface area contributed by atoms with Crippen LogP contribution in [0, 0.1) is 0 Å². The van der Waals surface area contributed by atoms with Gasteiger partial charge in [-0.3, -0.25) is 4.98 Å². The van der Waals surface area contributed by atoms with E-state index in [4.69, 9.17) is 9.72 Å². The molecule has 1 aliphatic heterocycles. The van der Waals surface area contributed by atoms with Crippen molar-refractivity contribution in [3.8, 4) is 0 Å². The van der Waals surface area contributed by atoms with Gasteiger partial charge in [0.15, 0.2) is 5.82 Å². The fourth-order valence-electron chi connectivity index (χ4n) is 3.57. The van der Waals surface area contributed by atoms with Crippen LogP contribution in [-0.4, -0.2) is 49.8 Å². The third-order valence-electron chi connectivity index (χ3n) is 5.37. The number of carbonyl (C=O) groups is 1. The summed E-state index contributed by atoms with van der Waals surface area (Å²) in [6, 6.07) is 7.85. The largest absolute Gasteiger partial charge is 0.444 e. The number of fused-ring (bicyclic) bond motifs is 1. The quantitative estimate of drug-likeness (QED) is 0.580. The van der Waals surface area contributed by atoms with Gasteiger partial charge in [0.1, 0.15) is 11.4 Å². The summed E-state index contributed by atoms with van der Waals surface area (Å²) in [6.07, 6.45) is 6.16. The van der Waals surface area contributed by atoms with Crippen LogP contribution in [0.4, 0.5) is 16.4 Å². The van der Waals surface area contributed by atoms with Crippen molar-refractivity contribution in [2.75, 3.05) is 18.4 Å². The van der Waals surface area contributed by atoms with Crippen LogP contribution in [0.15, 0.2) is 42.7 Å². The predicted molar refractivity (Wildman–Crippen MR) is 129 cm³/mol. The Balaban J connectivity index is 1.51. The van der Waals surface area contributed by atoms with E-state index < -0.39 is 5.60 Å². The molecule has 0 saturated heterocycles. The second-order valence-corrected chi connectivity index (χ2v) is 9.52. The molecule has 0 aliphatic carbocycles. The molecule has 33 heavy (non-hydrogen) atoms. The van der Waals surface area contributed by atoms with Gasteiger partial charge < -0.3 is 15.0 Å². The first-order chi connectivity index (χ1) is 15.7. The highest BCUT2D eigenvalue weighted by molar-refractivity contribution is 5.81. The van der Waals surface area contributed by atoms with Gasteiger partial charge >= 0.3 is 6.09 Å². The van der Waals surface area contributed by atoms with Crippen LogP contribution in [0.5, 0.6) is 0 Å². The van der Waals surface area contributed by atoms with E-state index in [2.05, 4.69) is 40.4 Å². The summed E-state index contributed by atoms with van der Waals surface area (Å²) >= 11 is 0. The minimum atomic E-state index is -0.498. The van der Waals surface area contributed by atoms with Gasteiger partial charge in [0.25, 0.3) is 0 Å². The molecule has 8 nitrogen and oxygen atoms in total. The van der Waals surface area contributed by atoms with E-state index in [1.807, 2.05) is 51.2 Å². The van der Waals surface area contributed by atoms with Crippen LogP contribution >= 0.6 is 0 Å². The number of rotatable bonds is 4. The molecule has 1 amide bonds. The summed E-state index contributed by atoms with van der Waals surface area (Å²) in [6.45, 7) is 11.0. The van der Waals surface area contributed by atoms with E-state index >= 15 is 0 Å². The average molecular weight is 447 g/mol. The Morgan fingerprint density at radius 2 is 1.94 bits per heavy atom. The summed E-state index contributed by atoms with van der Waals surface area (Å²) in [7, 11) is 0. The van der Waals surface area contributed by atoms with Crippen LogP contribution in [0.3, 0.4) is 0 Å². The molecule has 0 aromatic carbocycles. The molecular formula is C25H30N6O2. The normalized spacial score (nSPS) is 14.4. The number of hydrogen-bond donors (Lipinski definition) is 1. The van der Waals surface area contributed by atoms with Gasteiger partial charge in [-0.15, -0.1) is 5.10 Å². The Hall–Kier alpha value is -3.55. The molecule has 172 valence electrons. The van der Waals surface area contributed by atoms with Crippen molar-refractivity contribution in [1.82, 2.24) is 25.1 Å². The van der Waals surface area contributed by atoms with E-state index in [1.165, 1.54) is 0 Å². The summed E-state index contributed by atoms with van der Waals surface area (Å²) in [5.41, 5.74) is 4.39. The van der Waals surface area contributed by atoms with Crippen molar-refractivity contribution in [1.29, 1.82) is 0 Å². The molecule has 4 rings (SSSR count). The third kappa shape index (κ3) is 5.63. The number of carbonyl (C=O) groups excluding carboxylic acids is 1. The van der Waals surface area contributed by atoms with Crippen molar-refractivity contribution in [3.63, 3.8) is 0 Å². The molecule has 0 spiro atoms. The van der Waals surface area contributed by atoms with Gasteiger partial charge in [-0.1, -0.05) is 19.9 Å². The minimum absolute atomic E-state index is 0.281. The smallest absolute Gasteiger partial charge is 0.410 e. The molecule has 0 atom stereocenters. The van der Waals surface area contributed by atoms with E-state index in [1.54, 1.807) is 11.1 Å². The number of pyridine rings is 2. The number of anilines is 2. The van der Waals surface area contributed by atoms with Crippen LogP contribution in [0.2, 0.25) is 0 Å². The lowest BCUT2D eigenvalue weighted by Gasteiger charge is -2.29. The predicted octanol–water partition coefficient (Wildman–Crippen LogP) is 5.31. The summed E-state index contributed by atoms with van der Waals surface area (Å²) in [5.74, 6) is 1.71. The molecule has 1 N–H and O–H groups in total. The van der Waals surface area contributed by atoms with E-state index in [0.717, 1.165) is 34.2 Å². The van der Waals surface area contributed by atoms with Gasteiger partial charge in [-0.25, -0.2) is 9.78 Å². The lowest BCUT2D eigenvalue weighted by molar-refractivity contribution is 0.0270. The maximum atomic E-state index is 12.3. The number of aromatic nitrogens is 4. The zero-order valence-corrected chi connectivity index (χ0v) is 19.8. The van der Waals surface area contributed by atoms with Crippen molar-refractivity contribution < 1.29 is 9.53 Å². The van der Waals surface area contributed by atoms with Crippen LogP contribution in [-0.2, 0) is 4.74 Å². The number of amides is 1. The number of nitrogens with zero attached hydrogens (tertiary/aromatic N) is 5. The Bertz CT molecular complexity index is 1200. The average Bonchev–Trinajstić information content (AvgIpc) is 2.78. The number of nitrogens with one attached hydrogen (secondary N) is 1. The molecule has 0 unspecified atom stereocenters. The summed E-state index contributed by atoms with van der Waals surface area (Å²) < 4.78 is 5.48. The van der Waals surface area contributed by atoms with Gasteiger partial charge in [0.05, 0.1) is 17.2 Å². The van der Waals surface area contributed by atoms with E-state index in [0.29, 0.717) is 30.6 Å². The molecule has 4 heterocycles. The molecule has 0 radical (unpaired) electrons. The van der Waals surface area contributed by atoms with Gasteiger partial charge in [0.2, 0.25) is 0 Å². The van der Waals surface area contributed by atoms with Gasteiger partial charge in [0, 0.05) is 19.3 Å². The number of hydrogen-bond acceptors (Lipinski definition) is 7. The Morgan fingerprint density at radius 3 is 2.64 bits per heavy atom. The molecule has 8 heteroatoms. The molecule has 3 aromatic rings. The Kier molecular flexibility index (Phi) is 6.26. The van der Waals surface area contributed by atoms with Crippen LogP contribution in [0.1, 0.15) is 58.1 Å². The number of ether oxygens (including phenoxy) is 1. The fourth-order valence-corrected chi connectivity index (χ4v) is 3.57. The highest BCUT2D eigenvalue weighted by atomic mass is 16.6. The lowest BCUT2D eigenvalue weighted by Crippen LogP contribution is -2.39. The summed E-state index contributed by atoms with van der Waals surface area (Å²) in [5, 5.41) is 11.5. The lowest BCUT2D eigenvalue weighted by atomic mass is 10.0. The Labute approximate surface area is 194 Å². The van der Waals surface area contributed by atoms with E-state index in [-0.39, 0.29) is 6.09 Å². The first kappa shape index (κ1) is 22.6. The van der Waals surface area contributed by atoms with Crippen LogP contribution in [0.25, 0.3) is 16.6 Å². The zero-order valence-electron chi connectivity index (χ0n) is 19.8. The van der Waals surface area contributed by atoms with E-state index in [9.17, 15) is 4.79 Å². The molecular weight excluding hydrogens is 416 g/mol.